The SMILES string of the molecule is NC1CC2CCC(C1)N2S(=O)(=O)/C=C/c1ccccc1. The van der Waals surface area contributed by atoms with Crippen LogP contribution in [0.15, 0.2) is 35.7 Å². The van der Waals surface area contributed by atoms with E-state index in [0.29, 0.717) is 0 Å². The fraction of sp³-hybridized carbons (Fsp3) is 0.467. The molecule has 0 aromatic heterocycles. The van der Waals surface area contributed by atoms with E-state index in [-0.39, 0.29) is 18.1 Å². The molecule has 0 spiro atoms. The van der Waals surface area contributed by atoms with Gasteiger partial charge in [0, 0.05) is 23.5 Å². The number of hydrogen-bond donors (Lipinski definition) is 1. The number of nitrogens with zero attached hydrogens (tertiary/aromatic N) is 1. The Morgan fingerprint density at radius 1 is 1.10 bits per heavy atom. The molecule has 108 valence electrons. The zero-order valence-corrected chi connectivity index (χ0v) is 12.2. The van der Waals surface area contributed by atoms with E-state index in [1.165, 1.54) is 5.41 Å². The third-order valence-electron chi connectivity index (χ3n) is 4.23. The minimum Gasteiger partial charge on any atom is -0.328 e. The highest BCUT2D eigenvalue weighted by Gasteiger charge is 2.44. The summed E-state index contributed by atoms with van der Waals surface area (Å²) < 4.78 is 26.7. The average Bonchev–Trinajstić information content (AvgIpc) is 2.72. The molecule has 2 N–H and O–H groups in total. The van der Waals surface area contributed by atoms with Crippen LogP contribution in [0.3, 0.4) is 0 Å². The maximum Gasteiger partial charge on any atom is 0.236 e. The Bertz CT molecular complexity index is 584. The van der Waals surface area contributed by atoms with E-state index < -0.39 is 10.0 Å². The summed E-state index contributed by atoms with van der Waals surface area (Å²) >= 11 is 0. The van der Waals surface area contributed by atoms with Crippen LogP contribution in [0.4, 0.5) is 0 Å². The normalized spacial score (nSPS) is 30.9. The second kappa shape index (κ2) is 5.31. The van der Waals surface area contributed by atoms with E-state index in [1.54, 1.807) is 10.4 Å². The van der Waals surface area contributed by atoms with Gasteiger partial charge in [0.05, 0.1) is 0 Å². The van der Waals surface area contributed by atoms with Gasteiger partial charge in [-0.1, -0.05) is 30.3 Å². The van der Waals surface area contributed by atoms with Crippen molar-refractivity contribution in [2.45, 2.75) is 43.8 Å². The Balaban J connectivity index is 1.81. The highest BCUT2D eigenvalue weighted by Crippen LogP contribution is 2.37. The molecule has 0 amide bonds. The molecule has 2 aliphatic heterocycles. The first-order valence-electron chi connectivity index (χ1n) is 7.08. The first-order valence-corrected chi connectivity index (χ1v) is 8.59. The number of rotatable bonds is 3. The van der Waals surface area contributed by atoms with Gasteiger partial charge in [0.1, 0.15) is 0 Å². The quantitative estimate of drug-likeness (QED) is 0.926. The van der Waals surface area contributed by atoms with Gasteiger partial charge in [-0.25, -0.2) is 8.42 Å². The first kappa shape index (κ1) is 13.8. The van der Waals surface area contributed by atoms with Crippen LogP contribution in [0.2, 0.25) is 0 Å². The summed E-state index contributed by atoms with van der Waals surface area (Å²) in [5.41, 5.74) is 6.89. The lowest BCUT2D eigenvalue weighted by Crippen LogP contribution is -2.49. The molecule has 4 nitrogen and oxygen atoms in total. The van der Waals surface area contributed by atoms with Crippen LogP contribution in [-0.2, 0) is 10.0 Å². The minimum absolute atomic E-state index is 0.0918. The Morgan fingerprint density at radius 2 is 1.70 bits per heavy atom. The molecule has 0 saturated carbocycles. The van der Waals surface area contributed by atoms with Crippen molar-refractivity contribution < 1.29 is 8.42 Å². The van der Waals surface area contributed by atoms with Crippen molar-refractivity contribution in [1.82, 2.24) is 4.31 Å². The van der Waals surface area contributed by atoms with Crippen molar-refractivity contribution in [3.8, 4) is 0 Å². The van der Waals surface area contributed by atoms with Gasteiger partial charge >= 0.3 is 0 Å². The van der Waals surface area contributed by atoms with Crippen molar-refractivity contribution in [2.24, 2.45) is 5.73 Å². The summed E-state index contributed by atoms with van der Waals surface area (Å²) in [5, 5.41) is 1.34. The number of piperidine rings is 1. The molecule has 1 aromatic carbocycles. The fourth-order valence-corrected chi connectivity index (χ4v) is 5.07. The van der Waals surface area contributed by atoms with Crippen molar-refractivity contribution in [2.75, 3.05) is 0 Å². The van der Waals surface area contributed by atoms with Crippen LogP contribution in [-0.4, -0.2) is 30.8 Å². The van der Waals surface area contributed by atoms with Crippen LogP contribution in [0.25, 0.3) is 6.08 Å². The summed E-state index contributed by atoms with van der Waals surface area (Å²) in [6.45, 7) is 0. The number of nitrogens with two attached hydrogens (primary N) is 1. The zero-order chi connectivity index (χ0) is 14.2. The number of benzene rings is 1. The second-order valence-electron chi connectivity index (χ2n) is 5.70. The minimum atomic E-state index is -3.34. The molecule has 2 atom stereocenters. The lowest BCUT2D eigenvalue weighted by atomic mass is 10.0. The molecular formula is C15H20N2O2S. The lowest BCUT2D eigenvalue weighted by Gasteiger charge is -2.35. The number of sulfonamides is 1. The van der Waals surface area contributed by atoms with E-state index in [4.69, 9.17) is 5.73 Å². The van der Waals surface area contributed by atoms with Crippen molar-refractivity contribution >= 4 is 16.1 Å². The lowest BCUT2D eigenvalue weighted by molar-refractivity contribution is 0.229. The van der Waals surface area contributed by atoms with Crippen LogP contribution < -0.4 is 5.73 Å². The summed E-state index contributed by atoms with van der Waals surface area (Å²) in [5.74, 6) is 0. The fourth-order valence-electron chi connectivity index (χ4n) is 3.39. The van der Waals surface area contributed by atoms with E-state index in [0.717, 1.165) is 31.2 Å². The molecule has 2 saturated heterocycles. The standard InChI is InChI=1S/C15H20N2O2S/c16-13-10-14-6-7-15(11-13)17(14)20(18,19)9-8-12-4-2-1-3-5-12/h1-5,8-9,13-15H,6-7,10-11,16H2/b9-8+. The van der Waals surface area contributed by atoms with Gasteiger partial charge in [-0.2, -0.15) is 4.31 Å². The topological polar surface area (TPSA) is 63.4 Å². The predicted molar refractivity (Wildman–Crippen MR) is 80.3 cm³/mol. The van der Waals surface area contributed by atoms with E-state index >= 15 is 0 Å². The predicted octanol–water partition coefficient (Wildman–Crippen LogP) is 1.94. The molecule has 2 unspecified atom stereocenters. The van der Waals surface area contributed by atoms with Crippen molar-refractivity contribution in [3.05, 3.63) is 41.3 Å². The molecule has 0 radical (unpaired) electrons. The molecule has 2 aliphatic rings. The van der Waals surface area contributed by atoms with Crippen LogP contribution in [0.5, 0.6) is 0 Å². The van der Waals surface area contributed by atoms with Crippen LogP contribution in [0.1, 0.15) is 31.2 Å². The third kappa shape index (κ3) is 2.66. The molecule has 2 heterocycles. The Morgan fingerprint density at radius 3 is 2.30 bits per heavy atom. The van der Waals surface area contributed by atoms with E-state index in [1.807, 2.05) is 30.3 Å². The highest BCUT2D eigenvalue weighted by atomic mass is 32.2. The van der Waals surface area contributed by atoms with Crippen molar-refractivity contribution in [1.29, 1.82) is 0 Å². The summed E-state index contributed by atoms with van der Waals surface area (Å²) in [6.07, 6.45) is 5.13. The Hall–Kier alpha value is -1.17. The van der Waals surface area contributed by atoms with Gasteiger partial charge in [0.2, 0.25) is 10.0 Å². The summed E-state index contributed by atoms with van der Waals surface area (Å²) in [4.78, 5) is 0. The molecule has 0 aliphatic carbocycles. The number of hydrogen-bond acceptors (Lipinski definition) is 3. The van der Waals surface area contributed by atoms with Crippen molar-refractivity contribution in [3.63, 3.8) is 0 Å². The largest absolute Gasteiger partial charge is 0.328 e. The van der Waals surface area contributed by atoms with Gasteiger partial charge in [-0.05, 0) is 37.3 Å². The molecule has 20 heavy (non-hydrogen) atoms. The number of fused-ring (bicyclic) bond motifs is 2. The van der Waals surface area contributed by atoms with E-state index in [9.17, 15) is 8.42 Å². The van der Waals surface area contributed by atoms with Gasteiger partial charge in [0.15, 0.2) is 0 Å². The van der Waals surface area contributed by atoms with Gasteiger partial charge in [-0.3, -0.25) is 0 Å². The van der Waals surface area contributed by atoms with Gasteiger partial charge < -0.3 is 5.73 Å². The highest BCUT2D eigenvalue weighted by molar-refractivity contribution is 7.92. The summed E-state index contributed by atoms with van der Waals surface area (Å²) in [7, 11) is -3.34. The molecule has 2 fully saturated rings. The smallest absolute Gasteiger partial charge is 0.236 e. The molecular weight excluding hydrogens is 272 g/mol. The maximum atomic E-state index is 12.5. The Kier molecular flexibility index (Phi) is 3.67. The molecule has 2 bridgehead atoms. The zero-order valence-electron chi connectivity index (χ0n) is 11.4. The third-order valence-corrected chi connectivity index (χ3v) is 5.89. The molecule has 1 aromatic rings. The van der Waals surface area contributed by atoms with Gasteiger partial charge in [0.25, 0.3) is 0 Å². The molecule has 5 heteroatoms. The monoisotopic (exact) mass is 292 g/mol. The Labute approximate surface area is 120 Å². The van der Waals surface area contributed by atoms with Crippen LogP contribution >= 0.6 is 0 Å². The van der Waals surface area contributed by atoms with Crippen LogP contribution in [0, 0.1) is 0 Å². The first-order chi connectivity index (χ1) is 9.56. The maximum absolute atomic E-state index is 12.5. The van der Waals surface area contributed by atoms with Gasteiger partial charge in [-0.15, -0.1) is 0 Å². The average molecular weight is 292 g/mol. The second-order valence-corrected chi connectivity index (χ2v) is 7.43. The molecule has 3 rings (SSSR count). The van der Waals surface area contributed by atoms with E-state index in [2.05, 4.69) is 0 Å². The summed E-state index contributed by atoms with van der Waals surface area (Å²) in [6, 6.07) is 9.84.